The first kappa shape index (κ1) is 28.6. The smallest absolute Gasteiger partial charge is 0.246 e. The predicted molar refractivity (Wildman–Crippen MR) is 116 cm³/mol. The Labute approximate surface area is 181 Å². The lowest BCUT2D eigenvalue weighted by Crippen LogP contribution is -2.43. The molecular weight excluding hydrogens is 388 g/mol. The SMILES string of the molecule is CC(C)NCCOCC(=O)NC(COCCC(=O)C(C)C)COCCC(=O)C(C)C. The number of carbonyl (C=O) groups is 3. The molecule has 0 aromatic heterocycles. The van der Waals surface area contributed by atoms with Crippen LogP contribution in [0.2, 0.25) is 0 Å². The van der Waals surface area contributed by atoms with Crippen molar-refractivity contribution < 1.29 is 28.6 Å². The number of hydrogen-bond acceptors (Lipinski definition) is 7. The van der Waals surface area contributed by atoms with Crippen LogP contribution < -0.4 is 10.6 Å². The largest absolute Gasteiger partial charge is 0.379 e. The van der Waals surface area contributed by atoms with Gasteiger partial charge in [-0.05, 0) is 0 Å². The molecule has 0 aliphatic rings. The highest BCUT2D eigenvalue weighted by atomic mass is 16.5. The first-order chi connectivity index (χ1) is 14.1. The first-order valence-electron chi connectivity index (χ1n) is 10.9. The summed E-state index contributed by atoms with van der Waals surface area (Å²) in [5.74, 6) is -0.0142. The number of Topliss-reactive ketones (excluding diaryl/α,β-unsaturated/α-hetero) is 2. The molecule has 0 atom stereocenters. The number of rotatable bonds is 19. The van der Waals surface area contributed by atoms with Gasteiger partial charge in [-0.1, -0.05) is 41.5 Å². The maximum absolute atomic E-state index is 12.1. The molecule has 0 saturated heterocycles. The van der Waals surface area contributed by atoms with Gasteiger partial charge in [0.05, 0.1) is 39.1 Å². The summed E-state index contributed by atoms with van der Waals surface area (Å²) >= 11 is 0. The van der Waals surface area contributed by atoms with E-state index in [0.29, 0.717) is 45.2 Å². The van der Waals surface area contributed by atoms with Crippen LogP contribution in [0.15, 0.2) is 0 Å². The molecule has 30 heavy (non-hydrogen) atoms. The maximum atomic E-state index is 12.1. The van der Waals surface area contributed by atoms with Crippen molar-refractivity contribution in [1.82, 2.24) is 10.6 Å². The second-order valence-corrected chi connectivity index (χ2v) is 8.32. The summed E-state index contributed by atoms with van der Waals surface area (Å²) in [6, 6.07) is -0.00977. The number of amides is 1. The molecule has 176 valence electrons. The van der Waals surface area contributed by atoms with Gasteiger partial charge in [-0.3, -0.25) is 14.4 Å². The average molecular weight is 431 g/mol. The topological polar surface area (TPSA) is 103 Å². The molecule has 1 amide bonds. The maximum Gasteiger partial charge on any atom is 0.246 e. The Morgan fingerprint density at radius 3 is 1.67 bits per heavy atom. The van der Waals surface area contributed by atoms with Gasteiger partial charge < -0.3 is 24.8 Å². The van der Waals surface area contributed by atoms with Gasteiger partial charge in [0.2, 0.25) is 5.91 Å². The lowest BCUT2D eigenvalue weighted by Gasteiger charge is -2.19. The summed E-state index contributed by atoms with van der Waals surface area (Å²) in [5, 5.41) is 6.05. The minimum atomic E-state index is -0.377. The Morgan fingerprint density at radius 2 is 1.23 bits per heavy atom. The van der Waals surface area contributed by atoms with Gasteiger partial charge in [0.15, 0.2) is 0 Å². The summed E-state index contributed by atoms with van der Waals surface area (Å²) < 4.78 is 16.5. The van der Waals surface area contributed by atoms with E-state index in [4.69, 9.17) is 14.2 Å². The summed E-state index contributed by atoms with van der Waals surface area (Å²) in [5.41, 5.74) is 0. The quantitative estimate of drug-likeness (QED) is 0.301. The van der Waals surface area contributed by atoms with E-state index in [0.717, 1.165) is 0 Å². The highest BCUT2D eigenvalue weighted by molar-refractivity contribution is 5.80. The zero-order chi connectivity index (χ0) is 22.9. The summed E-state index contributed by atoms with van der Waals surface area (Å²) in [7, 11) is 0. The van der Waals surface area contributed by atoms with Crippen molar-refractivity contribution in [3.8, 4) is 0 Å². The second kappa shape index (κ2) is 17.3. The first-order valence-corrected chi connectivity index (χ1v) is 10.9. The molecule has 0 saturated carbocycles. The van der Waals surface area contributed by atoms with Crippen molar-refractivity contribution in [1.29, 1.82) is 0 Å². The van der Waals surface area contributed by atoms with Crippen LogP contribution in [0.3, 0.4) is 0 Å². The van der Waals surface area contributed by atoms with Crippen molar-refractivity contribution in [3.63, 3.8) is 0 Å². The van der Waals surface area contributed by atoms with Gasteiger partial charge in [-0.15, -0.1) is 0 Å². The van der Waals surface area contributed by atoms with E-state index >= 15 is 0 Å². The van der Waals surface area contributed by atoms with E-state index in [-0.39, 0.29) is 55.2 Å². The molecule has 0 spiro atoms. The molecule has 0 unspecified atom stereocenters. The second-order valence-electron chi connectivity index (χ2n) is 8.32. The van der Waals surface area contributed by atoms with Crippen LogP contribution in [0.25, 0.3) is 0 Å². The average Bonchev–Trinajstić information content (AvgIpc) is 2.66. The van der Waals surface area contributed by atoms with E-state index < -0.39 is 0 Å². The van der Waals surface area contributed by atoms with Crippen molar-refractivity contribution in [3.05, 3.63) is 0 Å². The monoisotopic (exact) mass is 430 g/mol. The molecule has 8 nitrogen and oxygen atoms in total. The molecule has 8 heteroatoms. The normalized spacial score (nSPS) is 11.7. The highest BCUT2D eigenvalue weighted by Crippen LogP contribution is 2.01. The van der Waals surface area contributed by atoms with Crippen molar-refractivity contribution in [2.24, 2.45) is 11.8 Å². The van der Waals surface area contributed by atoms with Crippen molar-refractivity contribution >= 4 is 17.5 Å². The minimum Gasteiger partial charge on any atom is -0.379 e. The number of nitrogens with one attached hydrogen (secondary N) is 2. The standard InChI is InChI=1S/C22H42N2O6/c1-16(2)20(25)7-10-28-13-19(14-29-11-8-21(26)17(3)4)24-22(27)15-30-12-9-23-18(5)6/h16-19,23H,7-15H2,1-6H3,(H,24,27). The fraction of sp³-hybridized carbons (Fsp3) is 0.864. The lowest BCUT2D eigenvalue weighted by molar-refractivity contribution is -0.128. The van der Waals surface area contributed by atoms with Crippen LogP contribution in [-0.2, 0) is 28.6 Å². The Balaban J connectivity index is 4.31. The molecule has 2 N–H and O–H groups in total. The van der Waals surface area contributed by atoms with E-state index in [1.165, 1.54) is 0 Å². The van der Waals surface area contributed by atoms with Crippen LogP contribution >= 0.6 is 0 Å². The lowest BCUT2D eigenvalue weighted by atomic mass is 10.1. The number of carbonyl (C=O) groups excluding carboxylic acids is 3. The van der Waals surface area contributed by atoms with E-state index in [1.54, 1.807) is 0 Å². The molecule has 0 aromatic carbocycles. The zero-order valence-electron chi connectivity index (χ0n) is 19.6. The van der Waals surface area contributed by atoms with Crippen LogP contribution in [0, 0.1) is 11.8 Å². The van der Waals surface area contributed by atoms with Crippen LogP contribution in [0.1, 0.15) is 54.4 Å². The van der Waals surface area contributed by atoms with Crippen LogP contribution in [0.5, 0.6) is 0 Å². The van der Waals surface area contributed by atoms with E-state index in [1.807, 2.05) is 41.5 Å². The molecule has 0 aromatic rings. The molecule has 0 radical (unpaired) electrons. The summed E-state index contributed by atoms with van der Waals surface area (Å²) in [4.78, 5) is 35.5. The van der Waals surface area contributed by atoms with Crippen LogP contribution in [-0.4, -0.2) is 75.7 Å². The molecule has 0 bridgehead atoms. The Hall–Kier alpha value is -1.35. The van der Waals surface area contributed by atoms with Crippen LogP contribution in [0.4, 0.5) is 0 Å². The molecule has 0 aliphatic heterocycles. The number of ketones is 2. The van der Waals surface area contributed by atoms with Crippen molar-refractivity contribution in [2.45, 2.75) is 66.5 Å². The van der Waals surface area contributed by atoms with Gasteiger partial charge in [-0.25, -0.2) is 0 Å². The Kier molecular flexibility index (Phi) is 16.6. The third-order valence-corrected chi connectivity index (χ3v) is 4.31. The van der Waals surface area contributed by atoms with Gasteiger partial charge in [-0.2, -0.15) is 0 Å². The molecule has 0 rings (SSSR count). The fourth-order valence-electron chi connectivity index (χ4n) is 2.36. The van der Waals surface area contributed by atoms with Gasteiger partial charge in [0.25, 0.3) is 0 Å². The number of hydrogen-bond donors (Lipinski definition) is 2. The third kappa shape index (κ3) is 16.4. The highest BCUT2D eigenvalue weighted by Gasteiger charge is 2.15. The third-order valence-electron chi connectivity index (χ3n) is 4.31. The van der Waals surface area contributed by atoms with E-state index in [2.05, 4.69) is 10.6 Å². The Bertz CT molecular complexity index is 466. The molecular formula is C22H42N2O6. The number of ether oxygens (including phenoxy) is 3. The molecule has 0 fully saturated rings. The fourth-order valence-corrected chi connectivity index (χ4v) is 2.36. The van der Waals surface area contributed by atoms with Gasteiger partial charge in [0, 0.05) is 37.3 Å². The summed E-state index contributed by atoms with van der Waals surface area (Å²) in [6.45, 7) is 13.6. The van der Waals surface area contributed by atoms with E-state index in [9.17, 15) is 14.4 Å². The van der Waals surface area contributed by atoms with Crippen molar-refractivity contribution in [2.75, 3.05) is 46.2 Å². The predicted octanol–water partition coefficient (Wildman–Crippen LogP) is 1.75. The Morgan fingerprint density at radius 1 is 0.733 bits per heavy atom. The zero-order valence-corrected chi connectivity index (χ0v) is 19.6. The molecule has 0 heterocycles. The summed E-state index contributed by atoms with van der Waals surface area (Å²) in [6.07, 6.45) is 0.683. The minimum absolute atomic E-state index is 0.0201. The van der Waals surface area contributed by atoms with Gasteiger partial charge >= 0.3 is 0 Å². The van der Waals surface area contributed by atoms with Gasteiger partial charge in [0.1, 0.15) is 18.2 Å². The molecule has 0 aliphatic carbocycles.